The topological polar surface area (TPSA) is 57.0 Å². The number of fused-ring (bicyclic) bond motifs is 10. The number of benzene rings is 8. The summed E-state index contributed by atoms with van der Waals surface area (Å²) in [5, 5.41) is 6.54. The third-order valence-corrected chi connectivity index (χ3v) is 11.2. The summed E-state index contributed by atoms with van der Waals surface area (Å²) >= 11 is 0. The van der Waals surface area contributed by atoms with E-state index in [1.54, 1.807) is 0 Å². The Morgan fingerprint density at radius 1 is 0.368 bits per heavy atom. The van der Waals surface area contributed by atoms with Crippen LogP contribution in [0.25, 0.3) is 116 Å². The monoisotopic (exact) mass is 729 g/mol. The predicted octanol–water partition coefficient (Wildman–Crippen LogP) is 14.0. The number of para-hydroxylation sites is 4. The van der Waals surface area contributed by atoms with Gasteiger partial charge in [-0.25, -0.2) is 9.97 Å². The molecule has 8 aromatic carbocycles. The van der Waals surface area contributed by atoms with Crippen molar-refractivity contribution in [2.24, 2.45) is 0 Å². The maximum atomic E-state index is 7.12. The third kappa shape index (κ3) is 4.89. The van der Waals surface area contributed by atoms with E-state index < -0.39 is 0 Å². The van der Waals surface area contributed by atoms with Gasteiger partial charge in [-0.2, -0.15) is 0 Å². The molecule has 0 radical (unpaired) electrons. The summed E-state index contributed by atoms with van der Waals surface area (Å²) < 4.78 is 16.0. The number of rotatable bonds is 5. The Morgan fingerprint density at radius 2 is 0.930 bits per heavy atom. The minimum absolute atomic E-state index is 0.615. The van der Waals surface area contributed by atoms with E-state index in [2.05, 4.69) is 144 Å². The van der Waals surface area contributed by atoms with E-state index >= 15 is 0 Å². The molecule has 4 aromatic heterocycles. The van der Waals surface area contributed by atoms with E-state index in [-0.39, 0.29) is 0 Å². The SMILES string of the molecule is c1ccc(-c2cc(-c3ccccc3)nc(-c3cccc4c3oc3c4ccc4c5ccc(-c6cccc7c6oc6ccccc67)cc5n(-c5ccccc5)c43)n2)cc1. The highest BCUT2D eigenvalue weighted by atomic mass is 16.3. The first kappa shape index (κ1) is 31.6. The van der Waals surface area contributed by atoms with Crippen molar-refractivity contribution in [2.75, 3.05) is 0 Å². The van der Waals surface area contributed by atoms with Crippen molar-refractivity contribution >= 4 is 65.7 Å². The van der Waals surface area contributed by atoms with Crippen LogP contribution in [0.15, 0.2) is 197 Å². The molecule has 5 nitrogen and oxygen atoms in total. The van der Waals surface area contributed by atoms with Crippen LogP contribution >= 0.6 is 0 Å². The van der Waals surface area contributed by atoms with Gasteiger partial charge in [0.1, 0.15) is 16.7 Å². The number of hydrogen-bond acceptors (Lipinski definition) is 4. The van der Waals surface area contributed by atoms with Crippen LogP contribution in [-0.2, 0) is 0 Å². The van der Waals surface area contributed by atoms with Crippen molar-refractivity contribution in [3.8, 4) is 50.7 Å². The quantitative estimate of drug-likeness (QED) is 0.177. The van der Waals surface area contributed by atoms with Gasteiger partial charge in [-0.15, -0.1) is 0 Å². The lowest BCUT2D eigenvalue weighted by Crippen LogP contribution is -1.96. The van der Waals surface area contributed by atoms with E-state index in [0.29, 0.717) is 5.82 Å². The maximum absolute atomic E-state index is 7.12. The van der Waals surface area contributed by atoms with Crippen molar-refractivity contribution in [3.63, 3.8) is 0 Å². The van der Waals surface area contributed by atoms with Crippen LogP contribution in [0.3, 0.4) is 0 Å². The summed E-state index contributed by atoms with van der Waals surface area (Å²) in [5.74, 6) is 0.615. The molecule has 0 N–H and O–H groups in total. The van der Waals surface area contributed by atoms with Gasteiger partial charge in [0, 0.05) is 54.7 Å². The molecule has 266 valence electrons. The van der Waals surface area contributed by atoms with Crippen LogP contribution < -0.4 is 0 Å². The number of aromatic nitrogens is 3. The molecule has 57 heavy (non-hydrogen) atoms. The summed E-state index contributed by atoms with van der Waals surface area (Å²) in [6, 6.07) is 65.3. The van der Waals surface area contributed by atoms with E-state index in [1.165, 1.54) is 0 Å². The molecule has 12 aromatic rings. The second-order valence-corrected chi connectivity index (χ2v) is 14.5. The fraction of sp³-hybridized carbons (Fsp3) is 0. The van der Waals surface area contributed by atoms with Crippen LogP contribution in [0.1, 0.15) is 0 Å². The summed E-state index contributed by atoms with van der Waals surface area (Å²) in [6.07, 6.45) is 0. The fourth-order valence-electron chi connectivity index (χ4n) is 8.60. The fourth-order valence-corrected chi connectivity index (χ4v) is 8.60. The molecule has 0 atom stereocenters. The zero-order valence-electron chi connectivity index (χ0n) is 30.6. The van der Waals surface area contributed by atoms with Crippen LogP contribution in [0, 0.1) is 0 Å². The zero-order valence-corrected chi connectivity index (χ0v) is 30.6. The lowest BCUT2D eigenvalue weighted by atomic mass is 10.0. The van der Waals surface area contributed by atoms with Crippen molar-refractivity contribution in [3.05, 3.63) is 188 Å². The van der Waals surface area contributed by atoms with Crippen LogP contribution in [0.4, 0.5) is 0 Å². The van der Waals surface area contributed by atoms with E-state index in [4.69, 9.17) is 18.8 Å². The molecule has 12 rings (SSSR count). The van der Waals surface area contributed by atoms with Crippen molar-refractivity contribution in [1.29, 1.82) is 0 Å². The summed E-state index contributed by atoms with van der Waals surface area (Å²) in [6.45, 7) is 0. The molecular formula is C52H31N3O2. The van der Waals surface area contributed by atoms with Crippen LogP contribution in [0.5, 0.6) is 0 Å². The largest absolute Gasteiger partial charge is 0.455 e. The Kier molecular flexibility index (Phi) is 6.86. The molecule has 0 saturated heterocycles. The highest BCUT2D eigenvalue weighted by molar-refractivity contribution is 6.23. The first-order chi connectivity index (χ1) is 28.3. The van der Waals surface area contributed by atoms with Gasteiger partial charge in [0.05, 0.1) is 28.0 Å². The first-order valence-electron chi connectivity index (χ1n) is 19.2. The van der Waals surface area contributed by atoms with Gasteiger partial charge < -0.3 is 13.4 Å². The van der Waals surface area contributed by atoms with Gasteiger partial charge in [-0.3, -0.25) is 0 Å². The molecule has 0 aliphatic rings. The molecule has 0 saturated carbocycles. The third-order valence-electron chi connectivity index (χ3n) is 11.2. The number of nitrogens with zero attached hydrogens (tertiary/aromatic N) is 3. The highest BCUT2D eigenvalue weighted by Gasteiger charge is 2.23. The minimum atomic E-state index is 0.615. The van der Waals surface area contributed by atoms with Crippen molar-refractivity contribution in [1.82, 2.24) is 14.5 Å². The van der Waals surface area contributed by atoms with Gasteiger partial charge in [0.2, 0.25) is 0 Å². The second-order valence-electron chi connectivity index (χ2n) is 14.5. The first-order valence-corrected chi connectivity index (χ1v) is 19.2. The Balaban J connectivity index is 1.12. The van der Waals surface area contributed by atoms with Crippen LogP contribution in [-0.4, -0.2) is 14.5 Å². The zero-order chi connectivity index (χ0) is 37.5. The Labute approximate surface area is 326 Å². The van der Waals surface area contributed by atoms with Gasteiger partial charge >= 0.3 is 0 Å². The molecular weight excluding hydrogens is 699 g/mol. The molecule has 0 bridgehead atoms. The lowest BCUT2D eigenvalue weighted by Gasteiger charge is -2.10. The Hall–Kier alpha value is -7.76. The molecule has 5 heteroatoms. The van der Waals surface area contributed by atoms with Crippen LogP contribution in [0.2, 0.25) is 0 Å². The Morgan fingerprint density at radius 3 is 1.67 bits per heavy atom. The highest BCUT2D eigenvalue weighted by Crippen LogP contribution is 2.44. The molecule has 0 aliphatic carbocycles. The van der Waals surface area contributed by atoms with E-state index in [1.807, 2.05) is 48.5 Å². The summed E-state index contributed by atoms with van der Waals surface area (Å²) in [5.41, 5.74) is 13.3. The number of furan rings is 2. The Bertz CT molecular complexity index is 3450. The van der Waals surface area contributed by atoms with Gasteiger partial charge in [0.25, 0.3) is 0 Å². The predicted molar refractivity (Wildman–Crippen MR) is 233 cm³/mol. The molecule has 0 unspecified atom stereocenters. The smallest absolute Gasteiger partial charge is 0.164 e. The minimum Gasteiger partial charge on any atom is -0.455 e. The number of hydrogen-bond donors (Lipinski definition) is 0. The maximum Gasteiger partial charge on any atom is 0.164 e. The molecule has 4 heterocycles. The van der Waals surface area contributed by atoms with Crippen molar-refractivity contribution < 1.29 is 8.83 Å². The average molecular weight is 730 g/mol. The molecule has 0 spiro atoms. The lowest BCUT2D eigenvalue weighted by molar-refractivity contribution is 0.670. The van der Waals surface area contributed by atoms with E-state index in [0.717, 1.165) is 111 Å². The summed E-state index contributed by atoms with van der Waals surface area (Å²) in [4.78, 5) is 10.3. The van der Waals surface area contributed by atoms with Gasteiger partial charge in [-0.05, 0) is 48.0 Å². The van der Waals surface area contributed by atoms with Gasteiger partial charge in [0.15, 0.2) is 11.4 Å². The molecule has 0 fully saturated rings. The summed E-state index contributed by atoms with van der Waals surface area (Å²) in [7, 11) is 0. The second kappa shape index (κ2) is 12.4. The standard InChI is InChI=1S/C52H31N3O2/c1-4-14-32(15-5-1)44-31-45(33-16-6-2-7-17-33)54-52(53-44)43-24-13-23-41-42-29-28-39-37-27-26-34(36-21-12-22-40-38-20-10-11-25-47(38)56-49(36)40)30-46(37)55(35-18-8-3-9-19-35)48(39)51(42)57-50(41)43/h1-31H. The average Bonchev–Trinajstić information content (AvgIpc) is 3.97. The van der Waals surface area contributed by atoms with E-state index in [9.17, 15) is 0 Å². The molecule has 0 amide bonds. The normalized spacial score (nSPS) is 11.9. The van der Waals surface area contributed by atoms with Crippen molar-refractivity contribution in [2.45, 2.75) is 0 Å². The van der Waals surface area contributed by atoms with Gasteiger partial charge in [-0.1, -0.05) is 146 Å². The molecule has 0 aliphatic heterocycles.